The van der Waals surface area contributed by atoms with Crippen molar-refractivity contribution >= 4 is 23.5 Å². The summed E-state index contributed by atoms with van der Waals surface area (Å²) in [6, 6.07) is 7.05. The fraction of sp³-hybridized carbons (Fsp3) is 0.333. The van der Waals surface area contributed by atoms with Crippen LogP contribution in [0.15, 0.2) is 39.5 Å². The monoisotopic (exact) mass is 368 g/mol. The Bertz CT molecular complexity index is 928. The number of anilines is 3. The minimum absolute atomic E-state index is 0.0893. The first-order valence-corrected chi connectivity index (χ1v) is 8.72. The van der Waals surface area contributed by atoms with E-state index in [4.69, 9.17) is 8.94 Å². The number of nitrogens with one attached hydrogen (secondary N) is 1. The lowest BCUT2D eigenvalue weighted by Gasteiger charge is -2.34. The largest absolute Gasteiger partial charge is 0.459 e. The van der Waals surface area contributed by atoms with E-state index in [1.807, 2.05) is 19.9 Å². The molecule has 1 saturated heterocycles. The molecule has 1 amide bonds. The average Bonchev–Trinajstić information content (AvgIpc) is 3.33. The number of piperazine rings is 1. The molecule has 9 heteroatoms. The van der Waals surface area contributed by atoms with Crippen LogP contribution < -0.4 is 10.2 Å². The van der Waals surface area contributed by atoms with Gasteiger partial charge < -0.3 is 24.1 Å². The van der Waals surface area contributed by atoms with Gasteiger partial charge in [0.25, 0.3) is 5.91 Å². The Balaban J connectivity index is 1.44. The van der Waals surface area contributed by atoms with E-state index < -0.39 is 0 Å². The molecular weight excluding hydrogens is 348 g/mol. The number of hydrogen-bond acceptors (Lipinski definition) is 8. The van der Waals surface area contributed by atoms with Crippen molar-refractivity contribution in [2.24, 2.45) is 0 Å². The van der Waals surface area contributed by atoms with Gasteiger partial charge in [-0.1, -0.05) is 5.16 Å². The highest BCUT2D eigenvalue weighted by Crippen LogP contribution is 2.20. The molecule has 0 radical (unpaired) electrons. The molecule has 0 spiro atoms. The third-order valence-corrected chi connectivity index (χ3v) is 4.31. The van der Waals surface area contributed by atoms with E-state index >= 15 is 0 Å². The van der Waals surface area contributed by atoms with E-state index in [1.54, 1.807) is 23.1 Å². The number of carbonyl (C=O) groups is 1. The zero-order valence-corrected chi connectivity index (χ0v) is 15.2. The second kappa shape index (κ2) is 7.10. The highest BCUT2D eigenvalue weighted by atomic mass is 16.5. The van der Waals surface area contributed by atoms with Crippen molar-refractivity contribution in [1.82, 2.24) is 20.0 Å². The van der Waals surface area contributed by atoms with Crippen LogP contribution in [-0.2, 0) is 0 Å². The molecule has 4 heterocycles. The summed E-state index contributed by atoms with van der Waals surface area (Å²) in [6.07, 6.45) is 1.51. The molecule has 0 bridgehead atoms. The maximum absolute atomic E-state index is 12.4. The van der Waals surface area contributed by atoms with Gasteiger partial charge in [-0.3, -0.25) is 4.79 Å². The zero-order chi connectivity index (χ0) is 18.8. The maximum atomic E-state index is 12.4. The topological polar surface area (TPSA) is 101 Å². The van der Waals surface area contributed by atoms with Gasteiger partial charge in [0, 0.05) is 44.0 Å². The molecule has 1 aliphatic heterocycles. The minimum Gasteiger partial charge on any atom is -0.459 e. The van der Waals surface area contributed by atoms with E-state index in [1.165, 1.54) is 6.26 Å². The molecule has 1 N–H and O–H groups in total. The fourth-order valence-corrected chi connectivity index (χ4v) is 2.98. The first kappa shape index (κ1) is 17.1. The molecule has 4 rings (SSSR count). The first-order valence-electron chi connectivity index (χ1n) is 8.72. The Hall–Kier alpha value is -3.36. The molecular formula is C18H20N6O3. The van der Waals surface area contributed by atoms with Gasteiger partial charge in [0.2, 0.25) is 5.95 Å². The second-order valence-electron chi connectivity index (χ2n) is 6.40. The number of aryl methyl sites for hydroxylation is 2. The van der Waals surface area contributed by atoms with Crippen molar-refractivity contribution in [3.63, 3.8) is 0 Å². The van der Waals surface area contributed by atoms with Crippen LogP contribution in [0.2, 0.25) is 0 Å². The summed E-state index contributed by atoms with van der Waals surface area (Å²) in [5.74, 6) is 2.88. The lowest BCUT2D eigenvalue weighted by atomic mass is 10.3. The van der Waals surface area contributed by atoms with E-state index in [0.29, 0.717) is 49.5 Å². The SMILES string of the molecule is Cc1cc(Nc2cc(C)on2)nc(N2CCN(C(=O)c3ccco3)CC2)n1. The average molecular weight is 368 g/mol. The summed E-state index contributed by atoms with van der Waals surface area (Å²) in [5, 5.41) is 7.05. The Labute approximate surface area is 156 Å². The lowest BCUT2D eigenvalue weighted by molar-refractivity contribution is 0.0714. The van der Waals surface area contributed by atoms with Crippen molar-refractivity contribution < 1.29 is 13.7 Å². The Kier molecular flexibility index (Phi) is 4.49. The highest BCUT2D eigenvalue weighted by Gasteiger charge is 2.25. The Morgan fingerprint density at radius 2 is 1.93 bits per heavy atom. The van der Waals surface area contributed by atoms with E-state index in [0.717, 1.165) is 11.5 Å². The fourth-order valence-electron chi connectivity index (χ4n) is 2.98. The standard InChI is InChI=1S/C18H20N6O3/c1-12-10-15(20-16-11-13(2)27-22-16)21-18(19-12)24-7-5-23(6-8-24)17(25)14-4-3-9-26-14/h3-4,9-11H,5-8H2,1-2H3,(H,19,20,21,22). The minimum atomic E-state index is -0.0893. The summed E-state index contributed by atoms with van der Waals surface area (Å²) < 4.78 is 10.3. The lowest BCUT2D eigenvalue weighted by Crippen LogP contribution is -2.49. The molecule has 140 valence electrons. The zero-order valence-electron chi connectivity index (χ0n) is 15.2. The van der Waals surface area contributed by atoms with Crippen LogP contribution in [0.5, 0.6) is 0 Å². The normalized spacial score (nSPS) is 14.4. The van der Waals surface area contributed by atoms with E-state index in [9.17, 15) is 4.79 Å². The number of amides is 1. The molecule has 0 aromatic carbocycles. The second-order valence-corrected chi connectivity index (χ2v) is 6.40. The van der Waals surface area contributed by atoms with Crippen LogP contribution in [0.4, 0.5) is 17.6 Å². The third kappa shape index (κ3) is 3.76. The molecule has 1 aliphatic rings. The van der Waals surface area contributed by atoms with Crippen LogP contribution in [0.3, 0.4) is 0 Å². The van der Waals surface area contributed by atoms with Crippen LogP contribution in [0.25, 0.3) is 0 Å². The number of hydrogen-bond donors (Lipinski definition) is 1. The summed E-state index contributed by atoms with van der Waals surface area (Å²) >= 11 is 0. The van der Waals surface area contributed by atoms with Gasteiger partial charge in [-0.05, 0) is 26.0 Å². The molecule has 3 aromatic heterocycles. The van der Waals surface area contributed by atoms with Gasteiger partial charge in [-0.15, -0.1) is 0 Å². The predicted octanol–water partition coefficient (Wildman–Crippen LogP) is 2.38. The van der Waals surface area contributed by atoms with Crippen molar-refractivity contribution in [2.45, 2.75) is 13.8 Å². The smallest absolute Gasteiger partial charge is 0.289 e. The van der Waals surface area contributed by atoms with Crippen molar-refractivity contribution in [2.75, 3.05) is 36.4 Å². The number of furan rings is 1. The number of nitrogens with zero attached hydrogens (tertiary/aromatic N) is 5. The molecule has 9 nitrogen and oxygen atoms in total. The van der Waals surface area contributed by atoms with Gasteiger partial charge in [0.1, 0.15) is 11.6 Å². The molecule has 0 atom stereocenters. The van der Waals surface area contributed by atoms with Crippen molar-refractivity contribution in [3.05, 3.63) is 47.7 Å². The molecule has 0 unspecified atom stereocenters. The maximum Gasteiger partial charge on any atom is 0.289 e. The molecule has 1 fully saturated rings. The first-order chi connectivity index (χ1) is 13.1. The molecule has 3 aromatic rings. The summed E-state index contributed by atoms with van der Waals surface area (Å²) in [6.45, 7) is 6.22. The van der Waals surface area contributed by atoms with Gasteiger partial charge >= 0.3 is 0 Å². The Morgan fingerprint density at radius 3 is 2.59 bits per heavy atom. The molecule has 27 heavy (non-hydrogen) atoms. The molecule has 0 aliphatic carbocycles. The quantitative estimate of drug-likeness (QED) is 0.749. The molecule has 0 saturated carbocycles. The van der Waals surface area contributed by atoms with Crippen LogP contribution >= 0.6 is 0 Å². The van der Waals surface area contributed by atoms with Crippen molar-refractivity contribution in [1.29, 1.82) is 0 Å². The van der Waals surface area contributed by atoms with Gasteiger partial charge in [0.05, 0.1) is 6.26 Å². The summed E-state index contributed by atoms with van der Waals surface area (Å²) in [5.41, 5.74) is 0.844. The number of carbonyl (C=O) groups excluding carboxylic acids is 1. The third-order valence-electron chi connectivity index (χ3n) is 4.31. The van der Waals surface area contributed by atoms with Gasteiger partial charge in [-0.2, -0.15) is 4.98 Å². The number of aromatic nitrogens is 3. The Morgan fingerprint density at radius 1 is 1.11 bits per heavy atom. The summed E-state index contributed by atoms with van der Waals surface area (Å²) in [7, 11) is 0. The van der Waals surface area contributed by atoms with Gasteiger partial charge in [0.15, 0.2) is 11.6 Å². The van der Waals surface area contributed by atoms with E-state index in [-0.39, 0.29) is 5.91 Å². The van der Waals surface area contributed by atoms with Crippen LogP contribution in [0.1, 0.15) is 22.0 Å². The van der Waals surface area contributed by atoms with Gasteiger partial charge in [-0.25, -0.2) is 4.98 Å². The van der Waals surface area contributed by atoms with Crippen LogP contribution in [0, 0.1) is 13.8 Å². The predicted molar refractivity (Wildman–Crippen MR) is 98.1 cm³/mol. The number of rotatable bonds is 4. The summed E-state index contributed by atoms with van der Waals surface area (Å²) in [4.78, 5) is 25.3. The van der Waals surface area contributed by atoms with Crippen LogP contribution in [-0.4, -0.2) is 52.1 Å². The van der Waals surface area contributed by atoms with E-state index in [2.05, 4.69) is 25.3 Å². The van der Waals surface area contributed by atoms with Crippen molar-refractivity contribution in [3.8, 4) is 0 Å². The highest BCUT2D eigenvalue weighted by molar-refractivity contribution is 5.91.